The van der Waals surface area contributed by atoms with Crippen LogP contribution in [0.25, 0.3) is 44.2 Å². The number of rotatable bonds is 10. The van der Waals surface area contributed by atoms with Gasteiger partial charge in [-0.25, -0.2) is 9.59 Å². The second kappa shape index (κ2) is 13.1. The number of aliphatic hydroxyl groups is 1. The SMILES string of the molecule is CCc1cc(C)ccc1-c1cc2ccc(OCC(O)COc3ccc4cc(-c5ccc(C)cc5CC)c(=O)oc4c3)cc2oc1=O. The zero-order valence-electron chi connectivity index (χ0n) is 26.4. The van der Waals surface area contributed by atoms with Gasteiger partial charge in [-0.1, -0.05) is 61.4 Å². The van der Waals surface area contributed by atoms with Gasteiger partial charge in [-0.05, 0) is 85.3 Å². The van der Waals surface area contributed by atoms with Gasteiger partial charge in [-0.3, -0.25) is 0 Å². The Morgan fingerprint density at radius 2 is 1.02 bits per heavy atom. The van der Waals surface area contributed by atoms with E-state index in [-0.39, 0.29) is 13.2 Å². The van der Waals surface area contributed by atoms with Gasteiger partial charge < -0.3 is 23.4 Å². The third-order valence-corrected chi connectivity index (χ3v) is 8.16. The molecule has 0 bridgehead atoms. The molecule has 0 saturated heterocycles. The molecule has 7 nitrogen and oxygen atoms in total. The van der Waals surface area contributed by atoms with Gasteiger partial charge in [-0.2, -0.15) is 0 Å². The third kappa shape index (κ3) is 6.46. The summed E-state index contributed by atoms with van der Waals surface area (Å²) in [5.41, 5.74) is 7.23. The van der Waals surface area contributed by atoms with Gasteiger partial charge in [0.25, 0.3) is 0 Å². The number of hydrogen-bond donors (Lipinski definition) is 1. The van der Waals surface area contributed by atoms with Crippen molar-refractivity contribution in [2.45, 2.75) is 46.6 Å². The van der Waals surface area contributed by atoms with Gasteiger partial charge in [0.15, 0.2) is 0 Å². The molecule has 0 unspecified atom stereocenters. The molecular formula is C39H36O7. The van der Waals surface area contributed by atoms with E-state index in [4.69, 9.17) is 18.3 Å². The summed E-state index contributed by atoms with van der Waals surface area (Å²) >= 11 is 0. The van der Waals surface area contributed by atoms with E-state index in [1.165, 1.54) is 0 Å². The number of aliphatic hydroxyl groups excluding tert-OH is 1. The van der Waals surface area contributed by atoms with E-state index < -0.39 is 17.4 Å². The highest BCUT2D eigenvalue weighted by atomic mass is 16.5. The maximum atomic E-state index is 12.9. The van der Waals surface area contributed by atoms with E-state index in [0.717, 1.165) is 57.0 Å². The summed E-state index contributed by atoms with van der Waals surface area (Å²) in [6.07, 6.45) is 0.665. The van der Waals surface area contributed by atoms with Gasteiger partial charge in [0, 0.05) is 22.9 Å². The van der Waals surface area contributed by atoms with E-state index in [0.29, 0.717) is 33.8 Å². The van der Waals surface area contributed by atoms with E-state index >= 15 is 0 Å². The van der Waals surface area contributed by atoms with Crippen molar-refractivity contribution in [2.24, 2.45) is 0 Å². The fourth-order valence-electron chi connectivity index (χ4n) is 5.73. The molecule has 0 spiro atoms. The molecule has 2 heterocycles. The van der Waals surface area contributed by atoms with Gasteiger partial charge in [0.05, 0.1) is 11.1 Å². The van der Waals surface area contributed by atoms with Crippen LogP contribution >= 0.6 is 0 Å². The van der Waals surface area contributed by atoms with Crippen molar-refractivity contribution in [3.8, 4) is 33.8 Å². The van der Waals surface area contributed by atoms with Crippen LogP contribution in [0.5, 0.6) is 11.5 Å². The number of benzene rings is 4. The number of ether oxygens (including phenoxy) is 2. The maximum Gasteiger partial charge on any atom is 0.344 e. The van der Waals surface area contributed by atoms with Crippen LogP contribution in [0, 0.1) is 13.8 Å². The summed E-state index contributed by atoms with van der Waals surface area (Å²) in [7, 11) is 0. The fraction of sp³-hybridized carbons (Fsp3) is 0.231. The fourth-order valence-corrected chi connectivity index (χ4v) is 5.73. The number of hydrogen-bond acceptors (Lipinski definition) is 7. The highest BCUT2D eigenvalue weighted by Gasteiger charge is 2.15. The van der Waals surface area contributed by atoms with Crippen molar-refractivity contribution in [3.05, 3.63) is 128 Å². The Hall–Kier alpha value is -5.14. The molecule has 46 heavy (non-hydrogen) atoms. The molecule has 0 fully saturated rings. The lowest BCUT2D eigenvalue weighted by Crippen LogP contribution is -2.25. The highest BCUT2D eigenvalue weighted by molar-refractivity contribution is 5.84. The van der Waals surface area contributed by atoms with Gasteiger partial charge in [-0.15, -0.1) is 0 Å². The van der Waals surface area contributed by atoms with E-state index in [1.54, 1.807) is 24.3 Å². The first-order valence-electron chi connectivity index (χ1n) is 15.5. The zero-order chi connectivity index (χ0) is 32.4. The third-order valence-electron chi connectivity index (χ3n) is 8.16. The van der Waals surface area contributed by atoms with Gasteiger partial charge in [0.2, 0.25) is 0 Å². The van der Waals surface area contributed by atoms with Crippen LogP contribution in [0.2, 0.25) is 0 Å². The summed E-state index contributed by atoms with van der Waals surface area (Å²) in [4.78, 5) is 25.8. The van der Waals surface area contributed by atoms with Crippen molar-refractivity contribution in [1.29, 1.82) is 0 Å². The van der Waals surface area contributed by atoms with Crippen LogP contribution < -0.4 is 20.7 Å². The number of aryl methyl sites for hydroxylation is 4. The van der Waals surface area contributed by atoms with Crippen molar-refractivity contribution < 1.29 is 23.4 Å². The lowest BCUT2D eigenvalue weighted by atomic mass is 9.97. The highest BCUT2D eigenvalue weighted by Crippen LogP contribution is 2.29. The zero-order valence-corrected chi connectivity index (χ0v) is 26.4. The number of fused-ring (bicyclic) bond motifs is 2. The lowest BCUT2D eigenvalue weighted by Gasteiger charge is -2.14. The topological polar surface area (TPSA) is 99.1 Å². The second-order valence-electron chi connectivity index (χ2n) is 11.6. The Labute approximate surface area is 266 Å². The molecule has 4 aromatic carbocycles. The average molecular weight is 617 g/mol. The van der Waals surface area contributed by atoms with Crippen LogP contribution in [-0.4, -0.2) is 24.4 Å². The van der Waals surface area contributed by atoms with Crippen LogP contribution in [0.3, 0.4) is 0 Å². The molecule has 2 aromatic heterocycles. The first kappa shape index (κ1) is 30.9. The quantitative estimate of drug-likeness (QED) is 0.157. The monoisotopic (exact) mass is 616 g/mol. The predicted octanol–water partition coefficient (Wildman–Crippen LogP) is 7.79. The van der Waals surface area contributed by atoms with Crippen molar-refractivity contribution in [1.82, 2.24) is 0 Å². The minimum absolute atomic E-state index is 0.0423. The van der Waals surface area contributed by atoms with Crippen LogP contribution in [0.15, 0.2) is 103 Å². The normalized spacial score (nSPS) is 11.4. The Morgan fingerprint density at radius 3 is 1.43 bits per heavy atom. The first-order valence-corrected chi connectivity index (χ1v) is 15.5. The smallest absolute Gasteiger partial charge is 0.344 e. The summed E-state index contributed by atoms with van der Waals surface area (Å²) in [6, 6.07) is 26.3. The summed E-state index contributed by atoms with van der Waals surface area (Å²) in [6.45, 7) is 8.11. The minimum atomic E-state index is -0.946. The van der Waals surface area contributed by atoms with Gasteiger partial charge in [0.1, 0.15) is 42.0 Å². The van der Waals surface area contributed by atoms with Gasteiger partial charge >= 0.3 is 11.3 Å². The van der Waals surface area contributed by atoms with E-state index in [2.05, 4.69) is 26.0 Å². The molecule has 0 aliphatic carbocycles. The Bertz CT molecular complexity index is 2020. The first-order chi connectivity index (χ1) is 22.2. The van der Waals surface area contributed by atoms with Crippen LogP contribution in [0.1, 0.15) is 36.1 Å². The summed E-state index contributed by atoms with van der Waals surface area (Å²) in [5.74, 6) is 0.908. The van der Waals surface area contributed by atoms with Crippen LogP contribution in [-0.2, 0) is 12.8 Å². The minimum Gasteiger partial charge on any atom is -0.491 e. The molecule has 6 aromatic rings. The van der Waals surface area contributed by atoms with E-state index in [1.807, 2.05) is 62.4 Å². The van der Waals surface area contributed by atoms with E-state index in [9.17, 15) is 14.7 Å². The molecule has 0 aliphatic heterocycles. The molecule has 234 valence electrons. The largest absolute Gasteiger partial charge is 0.491 e. The van der Waals surface area contributed by atoms with Crippen LogP contribution in [0.4, 0.5) is 0 Å². The molecule has 0 saturated carbocycles. The molecule has 0 radical (unpaired) electrons. The molecular weight excluding hydrogens is 580 g/mol. The second-order valence-corrected chi connectivity index (χ2v) is 11.6. The standard InChI is InChI=1S/C39H36O7/c1-5-25-15-23(3)7-13-32(25)34-17-27-9-11-30(19-36(27)45-38(34)41)43-21-29(40)22-44-31-12-10-28-18-35(39(42)46-37(28)20-31)33-14-8-24(4)16-26(33)6-2/h7-20,29,40H,5-6,21-22H2,1-4H3. The molecule has 0 amide bonds. The molecule has 6 rings (SSSR count). The maximum absolute atomic E-state index is 12.9. The Balaban J connectivity index is 1.11. The Kier molecular flexibility index (Phi) is 8.77. The van der Waals surface area contributed by atoms with Crippen molar-refractivity contribution in [3.63, 3.8) is 0 Å². The van der Waals surface area contributed by atoms with Crippen molar-refractivity contribution >= 4 is 21.9 Å². The lowest BCUT2D eigenvalue weighted by molar-refractivity contribution is 0.0627. The predicted molar refractivity (Wildman–Crippen MR) is 181 cm³/mol. The molecule has 0 atom stereocenters. The Morgan fingerprint density at radius 1 is 0.587 bits per heavy atom. The van der Waals surface area contributed by atoms with Crippen molar-refractivity contribution in [2.75, 3.05) is 13.2 Å². The molecule has 1 N–H and O–H groups in total. The molecule has 0 aliphatic rings. The summed E-state index contributed by atoms with van der Waals surface area (Å²) in [5, 5.41) is 12.1. The molecule has 7 heteroatoms. The average Bonchev–Trinajstić information content (AvgIpc) is 3.05. The summed E-state index contributed by atoms with van der Waals surface area (Å²) < 4.78 is 22.9.